The Hall–Kier alpha value is -1.49. The van der Waals surface area contributed by atoms with Crippen LogP contribution >= 0.6 is 0 Å². The number of benzene rings is 1. The van der Waals surface area contributed by atoms with Crippen molar-refractivity contribution in [1.82, 2.24) is 9.21 Å². The molecule has 0 amide bonds. The lowest BCUT2D eigenvalue weighted by molar-refractivity contribution is -0.160. The first-order valence-electron chi connectivity index (χ1n) is 17.1. The summed E-state index contributed by atoms with van der Waals surface area (Å²) in [5.74, 6) is 2.86. The maximum atomic E-state index is 13.7. The number of nitrogens with zero attached hydrogens (tertiary/aromatic N) is 2. The summed E-state index contributed by atoms with van der Waals surface area (Å²) in [4.78, 5) is 14.0. The van der Waals surface area contributed by atoms with Crippen LogP contribution in [0.3, 0.4) is 0 Å². The van der Waals surface area contributed by atoms with Gasteiger partial charge in [-0.25, -0.2) is 8.42 Å². The molecule has 1 heterocycles. The van der Waals surface area contributed by atoms with E-state index in [0.29, 0.717) is 49.0 Å². The molecule has 1 N–H and O–H groups in total. The highest BCUT2D eigenvalue weighted by Gasteiger charge is 2.62. The molecule has 1 aromatic carbocycles. The number of carbonyl (C=O) groups is 1. The summed E-state index contributed by atoms with van der Waals surface area (Å²) in [7, 11) is -4.38. The lowest BCUT2D eigenvalue weighted by atomic mass is 9.44. The normalized spacial score (nSPS) is 42.9. The topological polar surface area (TPSA) is 77.9 Å². The van der Waals surface area contributed by atoms with Crippen molar-refractivity contribution >= 4 is 15.8 Å². The predicted molar refractivity (Wildman–Crippen MR) is 167 cm³/mol. The zero-order valence-corrected chi connectivity index (χ0v) is 28.3. The van der Waals surface area contributed by atoms with Gasteiger partial charge in [-0.05, 0) is 125 Å². The fraction of sp³-hybridized carbons (Fsp3) is 0.800. The van der Waals surface area contributed by atoms with Crippen LogP contribution in [0.4, 0.5) is 13.2 Å². The van der Waals surface area contributed by atoms with E-state index in [0.717, 1.165) is 63.5 Å². The highest BCUT2D eigenvalue weighted by molar-refractivity contribution is 7.89. The molecule has 4 aliphatic carbocycles. The van der Waals surface area contributed by atoms with E-state index in [-0.39, 0.29) is 29.3 Å². The molecule has 5 fully saturated rings. The van der Waals surface area contributed by atoms with Crippen LogP contribution in [-0.2, 0) is 21.0 Å². The van der Waals surface area contributed by atoms with E-state index in [2.05, 4.69) is 18.7 Å². The van der Waals surface area contributed by atoms with Gasteiger partial charge in [0.1, 0.15) is 5.78 Å². The van der Waals surface area contributed by atoms with Gasteiger partial charge in [0.15, 0.2) is 0 Å². The van der Waals surface area contributed by atoms with Crippen LogP contribution < -0.4 is 0 Å². The Labute approximate surface area is 267 Å². The van der Waals surface area contributed by atoms with Crippen molar-refractivity contribution in [3.63, 3.8) is 0 Å². The Bertz CT molecular complexity index is 1420. The molecule has 0 radical (unpaired) electrons. The molecule has 10 heteroatoms. The smallest absolute Gasteiger partial charge is 0.389 e. The van der Waals surface area contributed by atoms with Crippen LogP contribution in [0.15, 0.2) is 29.2 Å². The second-order valence-corrected chi connectivity index (χ2v) is 17.9. The number of rotatable bonds is 5. The first-order valence-corrected chi connectivity index (χ1v) is 18.5. The Balaban J connectivity index is 1.13. The maximum absolute atomic E-state index is 13.7. The van der Waals surface area contributed by atoms with Crippen molar-refractivity contribution in [2.24, 2.45) is 40.4 Å². The fourth-order valence-corrected chi connectivity index (χ4v) is 13.2. The highest BCUT2D eigenvalue weighted by Crippen LogP contribution is 2.68. The number of halogens is 3. The number of ketones is 1. The quantitative estimate of drug-likeness (QED) is 0.380. The number of β-amino-alcohol motifs (C(OH)–C–C–N with tert-alkyl or cyclic N) is 1. The maximum Gasteiger partial charge on any atom is 0.417 e. The predicted octanol–water partition coefficient (Wildman–Crippen LogP) is 6.77. The van der Waals surface area contributed by atoms with Crippen molar-refractivity contribution < 1.29 is 31.5 Å². The van der Waals surface area contributed by atoms with Gasteiger partial charge in [-0.2, -0.15) is 17.5 Å². The van der Waals surface area contributed by atoms with Gasteiger partial charge in [0.25, 0.3) is 0 Å². The van der Waals surface area contributed by atoms with Gasteiger partial charge >= 0.3 is 6.18 Å². The summed E-state index contributed by atoms with van der Waals surface area (Å²) >= 11 is 0. The summed E-state index contributed by atoms with van der Waals surface area (Å²) in [6.07, 6.45) is 4.32. The summed E-state index contributed by atoms with van der Waals surface area (Å²) in [6.45, 7) is 11.1. The van der Waals surface area contributed by atoms with E-state index < -0.39 is 38.3 Å². The van der Waals surface area contributed by atoms with Crippen LogP contribution in [0.5, 0.6) is 0 Å². The van der Waals surface area contributed by atoms with Crippen LogP contribution in [0.25, 0.3) is 0 Å². The van der Waals surface area contributed by atoms with Gasteiger partial charge < -0.3 is 5.11 Å². The Morgan fingerprint density at radius 2 is 1.62 bits per heavy atom. The van der Waals surface area contributed by atoms with Gasteiger partial charge in [0, 0.05) is 37.6 Å². The van der Waals surface area contributed by atoms with Crippen molar-refractivity contribution in [2.45, 2.75) is 121 Å². The van der Waals surface area contributed by atoms with E-state index >= 15 is 0 Å². The second kappa shape index (κ2) is 11.3. The van der Waals surface area contributed by atoms with Gasteiger partial charge in [-0.3, -0.25) is 9.69 Å². The average molecular weight is 653 g/mol. The van der Waals surface area contributed by atoms with Crippen LogP contribution in [0.2, 0.25) is 0 Å². The number of fused-ring (bicyclic) bond motifs is 5. The average Bonchev–Trinajstić information content (AvgIpc) is 3.32. The molecular formula is C35H51F3N2O4S. The van der Waals surface area contributed by atoms with Gasteiger partial charge in [0.2, 0.25) is 10.0 Å². The minimum atomic E-state index is -4.77. The third-order valence-electron chi connectivity index (χ3n) is 13.6. The van der Waals surface area contributed by atoms with Crippen molar-refractivity contribution in [3.05, 3.63) is 29.8 Å². The molecule has 1 aliphatic heterocycles. The van der Waals surface area contributed by atoms with Crippen LogP contribution in [0, 0.1) is 40.4 Å². The monoisotopic (exact) mass is 652 g/mol. The minimum absolute atomic E-state index is 0.0675. The molecule has 4 saturated carbocycles. The van der Waals surface area contributed by atoms with Crippen molar-refractivity contribution in [2.75, 3.05) is 19.6 Å². The van der Waals surface area contributed by atoms with Gasteiger partial charge in [0.05, 0.1) is 16.1 Å². The third-order valence-corrected chi connectivity index (χ3v) is 15.7. The number of Topliss-reactive ketones (excluding diaryl/α,β-unsaturated/α-hetero) is 1. The highest BCUT2D eigenvalue weighted by atomic mass is 32.2. The van der Waals surface area contributed by atoms with E-state index in [9.17, 15) is 31.5 Å². The first kappa shape index (κ1) is 33.4. The number of carbonyl (C=O) groups excluding carboxylic acids is 1. The van der Waals surface area contributed by atoms with Crippen LogP contribution in [0.1, 0.15) is 98.0 Å². The zero-order valence-electron chi connectivity index (χ0n) is 27.4. The summed E-state index contributed by atoms with van der Waals surface area (Å²) in [5.41, 5.74) is -1.73. The van der Waals surface area contributed by atoms with Crippen LogP contribution in [-0.4, -0.2) is 65.8 Å². The summed E-state index contributed by atoms with van der Waals surface area (Å²) in [6, 6.07) is 3.60. The molecule has 1 saturated heterocycles. The first-order chi connectivity index (χ1) is 20.9. The van der Waals surface area contributed by atoms with Gasteiger partial charge in [-0.15, -0.1) is 0 Å². The van der Waals surface area contributed by atoms with E-state index in [1.54, 1.807) is 13.8 Å². The third kappa shape index (κ3) is 5.51. The number of alkyl halides is 3. The molecule has 6 rings (SSSR count). The largest absolute Gasteiger partial charge is 0.417 e. The lowest BCUT2D eigenvalue weighted by Crippen LogP contribution is -2.62. The molecule has 0 aromatic heterocycles. The van der Waals surface area contributed by atoms with Gasteiger partial charge in [-0.1, -0.05) is 26.0 Å². The molecule has 5 aliphatic rings. The fourth-order valence-electron chi connectivity index (χ4n) is 11.3. The number of piperazine rings is 1. The Morgan fingerprint density at radius 3 is 2.31 bits per heavy atom. The van der Waals surface area contributed by atoms with Crippen molar-refractivity contribution in [1.29, 1.82) is 0 Å². The Morgan fingerprint density at radius 1 is 0.933 bits per heavy atom. The standard InChI is InChI=1S/C35H51F3N2O4S/c1-22-20-40(45(43,44)31-9-7-6-8-30(31)35(36,37)38)23(2)19-39(22)21-34(42)17-16-32(4)25(18-34)10-11-26-28-13-12-27(24(3)41)33(28,5)15-14-29(26)32/h6-9,22-23,25-29,42H,10-21H2,1-5H3/t22?,23?,25-,26-,27+,28-,29-,32-,33+,34+/m0/s1. The number of aliphatic hydroxyl groups is 1. The molecule has 0 spiro atoms. The summed E-state index contributed by atoms with van der Waals surface area (Å²) in [5, 5.41) is 12.1. The SMILES string of the molecule is CC(=O)[C@H]1CC[C@H]2[C@@H]3CC[C@H]4C[C@@](O)(CN5CC(C)N(S(=O)(=O)c6ccccc6C(F)(F)F)CC5C)CC[C@]4(C)[C@H]3CC[C@]12C. The molecule has 252 valence electrons. The molecule has 10 atom stereocenters. The molecule has 1 aromatic rings. The van der Waals surface area contributed by atoms with E-state index in [1.807, 2.05) is 6.92 Å². The number of hydrogen-bond acceptors (Lipinski definition) is 5. The lowest BCUT2D eigenvalue weighted by Gasteiger charge is -2.62. The van der Waals surface area contributed by atoms with E-state index in [4.69, 9.17) is 0 Å². The van der Waals surface area contributed by atoms with E-state index in [1.165, 1.54) is 16.4 Å². The molecule has 45 heavy (non-hydrogen) atoms. The minimum Gasteiger partial charge on any atom is -0.389 e. The zero-order chi connectivity index (χ0) is 32.7. The molecule has 2 unspecified atom stereocenters. The summed E-state index contributed by atoms with van der Waals surface area (Å²) < 4.78 is 69.5. The van der Waals surface area contributed by atoms with Crippen molar-refractivity contribution in [3.8, 4) is 0 Å². The molecular weight excluding hydrogens is 601 g/mol. The second-order valence-electron chi connectivity index (χ2n) is 16.1. The number of sulfonamides is 1. The molecule has 6 nitrogen and oxygen atoms in total. The Kier molecular flexibility index (Phi) is 8.39. The number of hydrogen-bond donors (Lipinski definition) is 1. The molecule has 0 bridgehead atoms.